The van der Waals surface area contributed by atoms with E-state index < -0.39 is 5.97 Å². The molecule has 0 spiro atoms. The monoisotopic (exact) mass is 203 g/mol. The Balaban J connectivity index is 2.48. The van der Waals surface area contributed by atoms with Crippen molar-refractivity contribution in [2.75, 3.05) is 0 Å². The van der Waals surface area contributed by atoms with Crippen LogP contribution in [0.3, 0.4) is 0 Å². The van der Waals surface area contributed by atoms with Gasteiger partial charge in [0.1, 0.15) is 12.0 Å². The fourth-order valence-corrected chi connectivity index (χ4v) is 1.37. The lowest BCUT2D eigenvalue weighted by molar-refractivity contribution is 0.0690. The minimum atomic E-state index is -0.962. The van der Waals surface area contributed by atoms with Crippen LogP contribution in [0.5, 0.6) is 0 Å². The minimum absolute atomic E-state index is 0.203. The van der Waals surface area contributed by atoms with Crippen LogP contribution in [0, 0.1) is 6.92 Å². The van der Waals surface area contributed by atoms with Gasteiger partial charge in [-0.05, 0) is 18.6 Å². The van der Waals surface area contributed by atoms with Crippen LogP contribution in [0.4, 0.5) is 0 Å². The van der Waals surface area contributed by atoms with E-state index in [1.165, 1.54) is 6.33 Å². The smallest absolute Gasteiger partial charge is 0.352 e. The highest BCUT2D eigenvalue weighted by molar-refractivity contribution is 5.88. The molecule has 0 saturated carbocycles. The molecule has 0 radical (unpaired) electrons. The van der Waals surface area contributed by atoms with Gasteiger partial charge in [-0.2, -0.15) is 0 Å². The van der Waals surface area contributed by atoms with Gasteiger partial charge in [-0.15, -0.1) is 0 Å². The van der Waals surface area contributed by atoms with Gasteiger partial charge in [-0.25, -0.2) is 14.8 Å². The van der Waals surface area contributed by atoms with Gasteiger partial charge in [0.2, 0.25) is 0 Å². The maximum atomic E-state index is 10.8. The fraction of sp³-hybridized carbons (Fsp3) is 0.100. The number of rotatable bonds is 2. The zero-order chi connectivity index (χ0) is 10.8. The lowest BCUT2D eigenvalue weighted by Crippen LogP contribution is -1.98. The second-order valence-corrected chi connectivity index (χ2v) is 3.17. The van der Waals surface area contributed by atoms with Crippen LogP contribution in [0.2, 0.25) is 0 Å². The molecule has 2 N–H and O–H groups in total. The summed E-state index contributed by atoms with van der Waals surface area (Å²) >= 11 is 0. The Bertz CT molecular complexity index is 491. The van der Waals surface area contributed by atoms with Crippen LogP contribution in [-0.4, -0.2) is 26.0 Å². The average Bonchev–Trinajstić information content (AvgIpc) is 2.62. The van der Waals surface area contributed by atoms with Crippen LogP contribution in [0.1, 0.15) is 16.1 Å². The van der Waals surface area contributed by atoms with E-state index in [-0.39, 0.29) is 5.69 Å². The van der Waals surface area contributed by atoms with Crippen LogP contribution >= 0.6 is 0 Å². The van der Waals surface area contributed by atoms with Crippen molar-refractivity contribution in [2.45, 2.75) is 6.92 Å². The molecule has 0 amide bonds. The molecule has 5 heteroatoms. The summed E-state index contributed by atoms with van der Waals surface area (Å²) in [7, 11) is 0. The van der Waals surface area contributed by atoms with Crippen LogP contribution in [0.15, 0.2) is 24.8 Å². The standard InChI is InChI=1S/C10H9N3O2/c1-6-2-8(13-9(6)10(14)15)7-3-11-5-12-4-7/h2-5,13H,1H3,(H,14,15). The number of aromatic carboxylic acids is 1. The summed E-state index contributed by atoms with van der Waals surface area (Å²) in [6.07, 6.45) is 4.69. The average molecular weight is 203 g/mol. The maximum Gasteiger partial charge on any atom is 0.352 e. The van der Waals surface area contributed by atoms with Crippen molar-refractivity contribution >= 4 is 5.97 Å². The van der Waals surface area contributed by atoms with E-state index in [1.807, 2.05) is 0 Å². The molecule has 5 nitrogen and oxygen atoms in total. The molecule has 2 aromatic rings. The molecule has 0 atom stereocenters. The lowest BCUT2D eigenvalue weighted by atomic mass is 10.2. The predicted molar refractivity (Wildman–Crippen MR) is 53.5 cm³/mol. The summed E-state index contributed by atoms with van der Waals surface area (Å²) < 4.78 is 0. The number of nitrogens with zero attached hydrogens (tertiary/aromatic N) is 2. The zero-order valence-electron chi connectivity index (χ0n) is 8.06. The van der Waals surface area contributed by atoms with E-state index in [0.717, 1.165) is 5.56 Å². The maximum absolute atomic E-state index is 10.8. The normalized spacial score (nSPS) is 10.2. The third-order valence-corrected chi connectivity index (χ3v) is 2.10. The first-order chi connectivity index (χ1) is 7.18. The number of hydrogen-bond acceptors (Lipinski definition) is 3. The molecule has 0 aromatic carbocycles. The fourth-order valence-electron chi connectivity index (χ4n) is 1.37. The second-order valence-electron chi connectivity index (χ2n) is 3.17. The Morgan fingerprint density at radius 3 is 2.60 bits per heavy atom. The van der Waals surface area contributed by atoms with Gasteiger partial charge in [0.05, 0.1) is 0 Å². The summed E-state index contributed by atoms with van der Waals surface area (Å²) in [5, 5.41) is 8.86. The summed E-state index contributed by atoms with van der Waals surface area (Å²) in [5.74, 6) is -0.962. The van der Waals surface area contributed by atoms with Gasteiger partial charge in [0.15, 0.2) is 0 Å². The van der Waals surface area contributed by atoms with Crippen molar-refractivity contribution in [1.29, 1.82) is 0 Å². The molecule has 15 heavy (non-hydrogen) atoms. The van der Waals surface area contributed by atoms with Gasteiger partial charge < -0.3 is 10.1 Å². The van der Waals surface area contributed by atoms with Crippen molar-refractivity contribution in [1.82, 2.24) is 15.0 Å². The summed E-state index contributed by atoms with van der Waals surface area (Å²) in [6.45, 7) is 1.74. The number of carboxylic acids is 1. The first-order valence-electron chi connectivity index (χ1n) is 4.37. The van der Waals surface area contributed by atoms with Crippen molar-refractivity contribution in [3.63, 3.8) is 0 Å². The Hall–Kier alpha value is -2.17. The molecule has 0 aliphatic carbocycles. The van der Waals surface area contributed by atoms with E-state index in [0.29, 0.717) is 11.3 Å². The molecule has 2 rings (SSSR count). The predicted octanol–water partition coefficient (Wildman–Crippen LogP) is 1.48. The first-order valence-corrected chi connectivity index (χ1v) is 4.37. The van der Waals surface area contributed by atoms with Crippen molar-refractivity contribution in [3.05, 3.63) is 36.0 Å². The Morgan fingerprint density at radius 2 is 2.07 bits per heavy atom. The van der Waals surface area contributed by atoms with Crippen LogP contribution in [0.25, 0.3) is 11.3 Å². The molecular weight excluding hydrogens is 194 g/mol. The lowest BCUT2D eigenvalue weighted by Gasteiger charge is -1.94. The summed E-state index contributed by atoms with van der Waals surface area (Å²) in [5.41, 5.74) is 2.38. The molecule has 76 valence electrons. The van der Waals surface area contributed by atoms with Gasteiger partial charge in [-0.3, -0.25) is 0 Å². The van der Waals surface area contributed by atoms with E-state index in [4.69, 9.17) is 5.11 Å². The Kier molecular flexibility index (Phi) is 2.21. The number of aromatic nitrogens is 3. The number of carbonyl (C=O) groups is 1. The van der Waals surface area contributed by atoms with Gasteiger partial charge in [0, 0.05) is 23.7 Å². The quantitative estimate of drug-likeness (QED) is 0.774. The molecule has 2 heterocycles. The highest BCUT2D eigenvalue weighted by Gasteiger charge is 2.11. The van der Waals surface area contributed by atoms with Crippen molar-refractivity contribution in [2.24, 2.45) is 0 Å². The number of H-pyrrole nitrogens is 1. The number of carboxylic acid groups (broad SMARTS) is 1. The van der Waals surface area contributed by atoms with Gasteiger partial charge in [0.25, 0.3) is 0 Å². The molecular formula is C10H9N3O2. The number of nitrogens with one attached hydrogen (secondary N) is 1. The highest BCUT2D eigenvalue weighted by Crippen LogP contribution is 2.19. The highest BCUT2D eigenvalue weighted by atomic mass is 16.4. The minimum Gasteiger partial charge on any atom is -0.477 e. The molecule has 0 unspecified atom stereocenters. The summed E-state index contributed by atoms with van der Waals surface area (Å²) in [4.78, 5) is 21.4. The third kappa shape index (κ3) is 1.71. The molecule has 2 aromatic heterocycles. The largest absolute Gasteiger partial charge is 0.477 e. The second kappa shape index (κ2) is 3.53. The summed E-state index contributed by atoms with van der Waals surface area (Å²) in [6, 6.07) is 1.77. The first kappa shape index (κ1) is 9.39. The number of aromatic amines is 1. The van der Waals surface area contributed by atoms with Crippen LogP contribution in [-0.2, 0) is 0 Å². The van der Waals surface area contributed by atoms with E-state index >= 15 is 0 Å². The molecule has 0 saturated heterocycles. The number of hydrogen-bond donors (Lipinski definition) is 2. The SMILES string of the molecule is Cc1cc(-c2cncnc2)[nH]c1C(=O)O. The molecule has 0 aliphatic rings. The zero-order valence-corrected chi connectivity index (χ0v) is 8.06. The van der Waals surface area contributed by atoms with E-state index in [1.54, 1.807) is 25.4 Å². The van der Waals surface area contributed by atoms with E-state index in [2.05, 4.69) is 15.0 Å². The topological polar surface area (TPSA) is 78.9 Å². The van der Waals surface area contributed by atoms with Crippen molar-refractivity contribution in [3.8, 4) is 11.3 Å². The van der Waals surface area contributed by atoms with Gasteiger partial charge in [-0.1, -0.05) is 0 Å². The van der Waals surface area contributed by atoms with Gasteiger partial charge >= 0.3 is 5.97 Å². The molecule has 0 bridgehead atoms. The Labute approximate surface area is 85.8 Å². The number of aryl methyl sites for hydroxylation is 1. The molecule has 0 fully saturated rings. The van der Waals surface area contributed by atoms with Crippen LogP contribution < -0.4 is 0 Å². The molecule has 0 aliphatic heterocycles. The van der Waals surface area contributed by atoms with Crippen molar-refractivity contribution < 1.29 is 9.90 Å². The van der Waals surface area contributed by atoms with E-state index in [9.17, 15) is 4.79 Å². The Morgan fingerprint density at radius 1 is 1.40 bits per heavy atom. The third-order valence-electron chi connectivity index (χ3n) is 2.10.